The number of alkyl halides is 3. The lowest BCUT2D eigenvalue weighted by atomic mass is 10.0. The van der Waals surface area contributed by atoms with Crippen LogP contribution in [0, 0.1) is 0 Å². The van der Waals surface area contributed by atoms with Gasteiger partial charge in [0.1, 0.15) is 12.0 Å². The third-order valence-electron chi connectivity index (χ3n) is 3.62. The Bertz CT molecular complexity index is 883. The number of nitrogens with zero attached hydrogens (tertiary/aromatic N) is 1. The molecular formula is C18H13F3N2O2. The summed E-state index contributed by atoms with van der Waals surface area (Å²) in [5.74, 6) is -0.131. The summed E-state index contributed by atoms with van der Waals surface area (Å²) in [6.45, 7) is 0. The van der Waals surface area contributed by atoms with Crippen LogP contribution in [0.4, 0.5) is 13.2 Å². The first-order valence-corrected chi connectivity index (χ1v) is 7.34. The number of hydrogen-bond donors (Lipinski definition) is 1. The van der Waals surface area contributed by atoms with E-state index in [4.69, 9.17) is 4.52 Å². The highest BCUT2D eigenvalue weighted by Gasteiger charge is 2.34. The van der Waals surface area contributed by atoms with Crippen molar-refractivity contribution in [1.29, 1.82) is 0 Å². The van der Waals surface area contributed by atoms with Crippen molar-refractivity contribution >= 4 is 5.91 Å². The highest BCUT2D eigenvalue weighted by Crippen LogP contribution is 2.42. The van der Waals surface area contributed by atoms with Crippen LogP contribution >= 0.6 is 0 Å². The average Bonchev–Trinajstić information content (AvgIpc) is 3.02. The van der Waals surface area contributed by atoms with Gasteiger partial charge in [-0.1, -0.05) is 23.4 Å². The Hall–Kier alpha value is -3.09. The Balaban J connectivity index is 0.000000157. The molecular weight excluding hydrogens is 333 g/mol. The van der Waals surface area contributed by atoms with Crippen molar-refractivity contribution in [1.82, 2.24) is 10.5 Å². The van der Waals surface area contributed by atoms with Crippen molar-refractivity contribution in [2.45, 2.75) is 6.18 Å². The molecule has 1 amide bonds. The number of hydrogen-bond acceptors (Lipinski definition) is 3. The molecule has 1 N–H and O–H groups in total. The number of aromatic nitrogens is 1. The van der Waals surface area contributed by atoms with E-state index >= 15 is 0 Å². The highest BCUT2D eigenvalue weighted by atomic mass is 19.4. The van der Waals surface area contributed by atoms with Crippen LogP contribution in [-0.2, 0) is 6.18 Å². The maximum atomic E-state index is 11.8. The summed E-state index contributed by atoms with van der Waals surface area (Å²) in [4.78, 5) is 11.6. The number of carbonyl (C=O) groups excluding carboxylic acids is 1. The SMILES string of the molecule is CNC(=O)c1ccccc1-c1ccon1.FC(F)(F)c1cc2cc-2c1. The fraction of sp³-hybridized carbons (Fsp3) is 0.111. The van der Waals surface area contributed by atoms with Crippen molar-refractivity contribution in [2.75, 3.05) is 7.05 Å². The zero-order valence-electron chi connectivity index (χ0n) is 13.1. The van der Waals surface area contributed by atoms with Gasteiger partial charge in [-0.3, -0.25) is 4.79 Å². The van der Waals surface area contributed by atoms with Crippen molar-refractivity contribution in [2.24, 2.45) is 0 Å². The Morgan fingerprint density at radius 1 is 1.08 bits per heavy atom. The topological polar surface area (TPSA) is 55.1 Å². The largest absolute Gasteiger partial charge is 0.416 e. The van der Waals surface area contributed by atoms with Gasteiger partial charge in [0, 0.05) is 24.2 Å². The van der Waals surface area contributed by atoms with E-state index in [1.165, 1.54) is 6.26 Å². The fourth-order valence-corrected chi connectivity index (χ4v) is 2.31. The highest BCUT2D eigenvalue weighted by molar-refractivity contribution is 6.00. The minimum Gasteiger partial charge on any atom is -0.364 e. The molecule has 2 aromatic rings. The molecule has 0 aliphatic heterocycles. The molecule has 0 radical (unpaired) electrons. The summed E-state index contributed by atoms with van der Waals surface area (Å²) >= 11 is 0. The van der Waals surface area contributed by atoms with Gasteiger partial charge in [0.25, 0.3) is 5.91 Å². The standard InChI is InChI=1S/C11H10N2O2.C7H3F3/c1-12-11(14)9-5-3-2-4-8(9)10-6-7-15-13-10;8-7(9,10)6-2-4-1-5(4)3-6/h2-7H,1H3,(H,12,14);1-3H. The van der Waals surface area contributed by atoms with Crippen LogP contribution in [0.2, 0.25) is 0 Å². The van der Waals surface area contributed by atoms with Crippen LogP contribution in [0.1, 0.15) is 15.9 Å². The second-order valence-corrected chi connectivity index (χ2v) is 5.31. The lowest BCUT2D eigenvalue weighted by Crippen LogP contribution is -2.18. The fourth-order valence-electron chi connectivity index (χ4n) is 2.31. The maximum Gasteiger partial charge on any atom is 0.416 e. The van der Waals surface area contributed by atoms with Gasteiger partial charge in [-0.2, -0.15) is 13.2 Å². The minimum atomic E-state index is -4.17. The third-order valence-corrected chi connectivity index (χ3v) is 3.62. The molecule has 1 aromatic heterocycles. The predicted octanol–water partition coefficient (Wildman–Crippen LogP) is 4.39. The lowest BCUT2D eigenvalue weighted by molar-refractivity contribution is -0.137. The molecule has 0 saturated heterocycles. The van der Waals surface area contributed by atoms with Crippen LogP contribution < -0.4 is 5.32 Å². The van der Waals surface area contributed by atoms with E-state index in [-0.39, 0.29) is 5.91 Å². The average molecular weight is 346 g/mol. The zero-order valence-corrected chi connectivity index (χ0v) is 13.1. The van der Waals surface area contributed by atoms with Crippen LogP contribution in [0.3, 0.4) is 0 Å². The second kappa shape index (κ2) is 6.43. The quantitative estimate of drug-likeness (QED) is 0.586. The van der Waals surface area contributed by atoms with Gasteiger partial charge in [0.05, 0.1) is 5.56 Å². The number of benzene rings is 2. The van der Waals surface area contributed by atoms with Crippen LogP contribution in [0.25, 0.3) is 22.4 Å². The molecule has 0 unspecified atom stereocenters. The van der Waals surface area contributed by atoms with Gasteiger partial charge in [0.15, 0.2) is 0 Å². The van der Waals surface area contributed by atoms with E-state index in [1.54, 1.807) is 25.2 Å². The molecule has 0 fully saturated rings. The molecule has 0 bridgehead atoms. The number of halogens is 3. The Kier molecular flexibility index (Phi) is 4.31. The van der Waals surface area contributed by atoms with E-state index in [9.17, 15) is 18.0 Å². The van der Waals surface area contributed by atoms with Gasteiger partial charge in [-0.05, 0) is 35.4 Å². The Morgan fingerprint density at radius 3 is 2.28 bits per heavy atom. The minimum absolute atomic E-state index is 0.131. The van der Waals surface area contributed by atoms with E-state index < -0.39 is 11.7 Å². The molecule has 7 heteroatoms. The summed E-state index contributed by atoms with van der Waals surface area (Å²) in [5.41, 5.74) is 2.95. The van der Waals surface area contributed by atoms with Crippen molar-refractivity contribution in [3.8, 4) is 22.4 Å². The molecule has 2 aliphatic rings. The molecule has 2 aliphatic carbocycles. The summed E-state index contributed by atoms with van der Waals surface area (Å²) in [5, 5.41) is 6.40. The van der Waals surface area contributed by atoms with Crippen LogP contribution in [-0.4, -0.2) is 18.1 Å². The predicted molar refractivity (Wildman–Crippen MR) is 85.8 cm³/mol. The normalized spacial score (nSPS) is 11.4. The molecule has 0 atom stereocenters. The summed E-state index contributed by atoms with van der Waals surface area (Å²) in [6.07, 6.45) is -2.68. The number of fused-ring (bicyclic) bond motifs is 1. The number of rotatable bonds is 2. The van der Waals surface area contributed by atoms with E-state index in [2.05, 4.69) is 10.5 Å². The second-order valence-electron chi connectivity index (χ2n) is 5.31. The first-order valence-electron chi connectivity index (χ1n) is 7.34. The summed E-state index contributed by atoms with van der Waals surface area (Å²) < 4.78 is 40.2. The van der Waals surface area contributed by atoms with Gasteiger partial charge < -0.3 is 9.84 Å². The lowest BCUT2D eigenvalue weighted by Gasteiger charge is -2.04. The monoisotopic (exact) mass is 346 g/mol. The molecule has 4 nitrogen and oxygen atoms in total. The smallest absolute Gasteiger partial charge is 0.364 e. The molecule has 0 spiro atoms. The first-order chi connectivity index (χ1) is 11.9. The van der Waals surface area contributed by atoms with Crippen LogP contribution in [0.15, 0.2) is 59.3 Å². The molecule has 128 valence electrons. The first kappa shape index (κ1) is 16.8. The Labute approximate surface area is 141 Å². The maximum absolute atomic E-state index is 11.8. The molecule has 1 heterocycles. The van der Waals surface area contributed by atoms with Crippen molar-refractivity contribution in [3.63, 3.8) is 0 Å². The van der Waals surface area contributed by atoms with Crippen molar-refractivity contribution < 1.29 is 22.5 Å². The summed E-state index contributed by atoms with van der Waals surface area (Å²) in [7, 11) is 1.60. The molecule has 4 rings (SSSR count). The van der Waals surface area contributed by atoms with Gasteiger partial charge >= 0.3 is 6.18 Å². The molecule has 0 saturated carbocycles. The van der Waals surface area contributed by atoms with E-state index in [1.807, 2.05) is 18.2 Å². The van der Waals surface area contributed by atoms with Gasteiger partial charge in [0.2, 0.25) is 0 Å². The van der Waals surface area contributed by atoms with Gasteiger partial charge in [-0.25, -0.2) is 0 Å². The third kappa shape index (κ3) is 3.71. The van der Waals surface area contributed by atoms with E-state index in [0.29, 0.717) is 11.3 Å². The number of carbonyl (C=O) groups is 1. The number of nitrogens with one attached hydrogen (secondary N) is 1. The molecule has 1 aromatic carbocycles. The summed E-state index contributed by atoms with van der Waals surface area (Å²) in [6, 6.07) is 13.0. The van der Waals surface area contributed by atoms with Gasteiger partial charge in [-0.15, -0.1) is 0 Å². The molecule has 25 heavy (non-hydrogen) atoms. The van der Waals surface area contributed by atoms with Crippen LogP contribution in [0.5, 0.6) is 0 Å². The number of amides is 1. The van der Waals surface area contributed by atoms with E-state index in [0.717, 1.165) is 28.8 Å². The van der Waals surface area contributed by atoms with Crippen molar-refractivity contribution in [3.05, 3.63) is 65.9 Å². The Morgan fingerprint density at radius 2 is 1.76 bits per heavy atom. The zero-order chi connectivity index (χ0) is 18.0.